The van der Waals surface area contributed by atoms with Crippen molar-refractivity contribution in [2.75, 3.05) is 13.1 Å². The van der Waals surface area contributed by atoms with Gasteiger partial charge >= 0.3 is 6.03 Å². The molecule has 1 aliphatic rings. The van der Waals surface area contributed by atoms with Gasteiger partial charge in [-0.2, -0.15) is 0 Å². The van der Waals surface area contributed by atoms with Crippen LogP contribution in [0.3, 0.4) is 0 Å². The number of rotatable bonds is 22. The van der Waals surface area contributed by atoms with Crippen LogP contribution in [0, 0.1) is 0 Å². The Morgan fingerprint density at radius 1 is 0.523 bits per heavy atom. The third kappa shape index (κ3) is 11.4. The zero-order valence-corrected chi connectivity index (χ0v) is 27.5. The lowest BCUT2D eigenvalue weighted by atomic mass is 10.0. The number of nitrogens with zero attached hydrogens (tertiary/aromatic N) is 2. The van der Waals surface area contributed by atoms with Crippen LogP contribution in [0.1, 0.15) is 139 Å². The molecule has 0 aliphatic carbocycles. The fraction of sp³-hybridized carbons (Fsp3) is 0.649. The molecular weight excluding hydrogens is 552 g/mol. The van der Waals surface area contributed by atoms with Gasteiger partial charge in [-0.3, -0.25) is 0 Å². The molecule has 0 spiro atoms. The topological polar surface area (TPSA) is 104 Å². The van der Waals surface area contributed by atoms with Gasteiger partial charge in [0.25, 0.3) is 0 Å². The molecule has 0 bridgehead atoms. The first-order valence-electron chi connectivity index (χ1n) is 17.4. The van der Waals surface area contributed by atoms with E-state index in [1.807, 2.05) is 12.1 Å². The van der Waals surface area contributed by atoms with E-state index in [0.717, 1.165) is 47.9 Å². The van der Waals surface area contributed by atoms with Crippen LogP contribution < -0.4 is 0 Å². The first kappa shape index (κ1) is 35.4. The van der Waals surface area contributed by atoms with Gasteiger partial charge in [-0.1, -0.05) is 116 Å². The van der Waals surface area contributed by atoms with Crippen LogP contribution in [0.2, 0.25) is 0 Å². The molecule has 0 radical (unpaired) electrons. The number of carbonyl (C=O) groups is 1. The predicted molar refractivity (Wildman–Crippen MR) is 178 cm³/mol. The minimum Gasteiger partial charge on any atom is -0.504 e. The number of aromatic hydroxyl groups is 4. The van der Waals surface area contributed by atoms with Crippen LogP contribution in [0.15, 0.2) is 24.3 Å². The average molecular weight is 611 g/mol. The Labute approximate surface area is 265 Å². The lowest BCUT2D eigenvalue weighted by Gasteiger charge is -2.20. The van der Waals surface area contributed by atoms with Gasteiger partial charge in [0.1, 0.15) is 0 Å². The van der Waals surface area contributed by atoms with E-state index in [1.165, 1.54) is 77.0 Å². The number of aryl methyl sites for hydroxylation is 2. The Morgan fingerprint density at radius 2 is 0.864 bits per heavy atom. The molecular formula is C37H58N2O5. The fourth-order valence-electron chi connectivity index (χ4n) is 6.31. The summed E-state index contributed by atoms with van der Waals surface area (Å²) in [5.74, 6) is -0.379. The van der Waals surface area contributed by atoms with E-state index in [0.29, 0.717) is 39.0 Å². The third-order valence-electron chi connectivity index (χ3n) is 8.98. The molecule has 3 rings (SSSR count). The molecule has 2 aromatic carbocycles. The van der Waals surface area contributed by atoms with E-state index in [2.05, 4.69) is 13.8 Å². The summed E-state index contributed by atoms with van der Waals surface area (Å²) in [7, 11) is 0. The van der Waals surface area contributed by atoms with E-state index in [4.69, 9.17) is 0 Å². The summed E-state index contributed by atoms with van der Waals surface area (Å²) in [6, 6.07) is 6.85. The number of amides is 2. The first-order chi connectivity index (χ1) is 21.3. The number of phenols is 4. The van der Waals surface area contributed by atoms with Gasteiger partial charge in [0, 0.05) is 26.2 Å². The highest BCUT2D eigenvalue weighted by molar-refractivity contribution is 5.76. The second kappa shape index (κ2) is 19.3. The van der Waals surface area contributed by atoms with Crippen molar-refractivity contribution in [1.82, 2.24) is 9.80 Å². The number of urea groups is 1. The zero-order chi connectivity index (χ0) is 31.7. The quantitative estimate of drug-likeness (QED) is 0.0785. The molecule has 1 saturated heterocycles. The largest absolute Gasteiger partial charge is 0.504 e. The van der Waals surface area contributed by atoms with E-state index in [9.17, 15) is 25.2 Å². The zero-order valence-electron chi connectivity index (χ0n) is 27.5. The van der Waals surface area contributed by atoms with E-state index < -0.39 is 0 Å². The molecule has 2 aromatic rings. The summed E-state index contributed by atoms with van der Waals surface area (Å²) >= 11 is 0. The van der Waals surface area contributed by atoms with Crippen LogP contribution in [0.4, 0.5) is 4.79 Å². The molecule has 1 heterocycles. The Balaban J connectivity index is 1.49. The summed E-state index contributed by atoms with van der Waals surface area (Å²) in [6.45, 7) is 6.29. The summed E-state index contributed by atoms with van der Waals surface area (Å²) in [4.78, 5) is 16.8. The summed E-state index contributed by atoms with van der Waals surface area (Å²) in [5, 5.41) is 41.7. The average Bonchev–Trinajstić information content (AvgIpc) is 3.34. The lowest BCUT2D eigenvalue weighted by Crippen LogP contribution is -2.31. The van der Waals surface area contributed by atoms with Crippen LogP contribution in [0.5, 0.6) is 23.0 Å². The van der Waals surface area contributed by atoms with Crippen LogP contribution >= 0.6 is 0 Å². The maximum atomic E-state index is 13.3. The second-order valence-electron chi connectivity index (χ2n) is 12.8. The predicted octanol–water partition coefficient (Wildman–Crippen LogP) is 9.31. The van der Waals surface area contributed by atoms with Crippen molar-refractivity contribution in [3.8, 4) is 23.0 Å². The lowest BCUT2D eigenvalue weighted by molar-refractivity contribution is 0.188. The van der Waals surface area contributed by atoms with Crippen LogP contribution in [0.25, 0.3) is 0 Å². The molecule has 246 valence electrons. The summed E-state index contributed by atoms with van der Waals surface area (Å²) < 4.78 is 0. The number of hydrogen-bond donors (Lipinski definition) is 4. The van der Waals surface area contributed by atoms with Crippen molar-refractivity contribution in [2.24, 2.45) is 0 Å². The minimum atomic E-state index is -0.135. The highest BCUT2D eigenvalue weighted by Gasteiger charge is 2.29. The van der Waals surface area contributed by atoms with Gasteiger partial charge in [-0.05, 0) is 60.1 Å². The van der Waals surface area contributed by atoms with Crippen molar-refractivity contribution in [2.45, 2.75) is 143 Å². The fourth-order valence-corrected chi connectivity index (χ4v) is 6.31. The maximum Gasteiger partial charge on any atom is 0.320 e. The normalized spacial score (nSPS) is 13.4. The van der Waals surface area contributed by atoms with E-state index in [-0.39, 0.29) is 29.0 Å². The SMILES string of the molecule is CCCCCCCCCCc1cc(CN2CCN(Cc3cc(O)c(O)c(CCCCCCCCCC)c3)C2=O)cc(O)c1O. The van der Waals surface area contributed by atoms with Gasteiger partial charge in [-0.15, -0.1) is 0 Å². The van der Waals surface area contributed by atoms with Gasteiger partial charge in [0.2, 0.25) is 0 Å². The van der Waals surface area contributed by atoms with Gasteiger partial charge in [0.15, 0.2) is 23.0 Å². The maximum absolute atomic E-state index is 13.3. The Hall–Kier alpha value is -3.09. The smallest absolute Gasteiger partial charge is 0.320 e. The molecule has 0 saturated carbocycles. The van der Waals surface area contributed by atoms with E-state index >= 15 is 0 Å². The Morgan fingerprint density at radius 3 is 1.23 bits per heavy atom. The first-order valence-corrected chi connectivity index (χ1v) is 17.4. The number of phenolic OH excluding ortho intramolecular Hbond substituents is 4. The van der Waals surface area contributed by atoms with Gasteiger partial charge < -0.3 is 30.2 Å². The molecule has 0 aromatic heterocycles. The minimum absolute atomic E-state index is 0.0546. The van der Waals surface area contributed by atoms with Crippen molar-refractivity contribution in [3.05, 3.63) is 46.5 Å². The number of unbranched alkanes of at least 4 members (excludes halogenated alkanes) is 14. The van der Waals surface area contributed by atoms with Gasteiger partial charge in [0.05, 0.1) is 0 Å². The molecule has 1 fully saturated rings. The molecule has 1 aliphatic heterocycles. The summed E-state index contributed by atoms with van der Waals surface area (Å²) in [6.07, 6.45) is 20.7. The molecule has 7 nitrogen and oxygen atoms in total. The number of hydrogen-bond acceptors (Lipinski definition) is 5. The number of benzene rings is 2. The monoisotopic (exact) mass is 610 g/mol. The van der Waals surface area contributed by atoms with Crippen LogP contribution in [-0.4, -0.2) is 49.3 Å². The molecule has 7 heteroatoms. The van der Waals surface area contributed by atoms with Crippen molar-refractivity contribution in [3.63, 3.8) is 0 Å². The Kier molecular flexibility index (Phi) is 15.5. The number of carbonyl (C=O) groups excluding carboxylic acids is 1. The van der Waals surface area contributed by atoms with Crippen molar-refractivity contribution in [1.29, 1.82) is 0 Å². The molecule has 4 N–H and O–H groups in total. The standard InChI is InChI=1S/C37H58N2O5/c1-3-5-7-9-11-13-15-17-19-31-23-29(25-33(40)35(31)42)27-38-21-22-39(37(38)44)28-30-24-32(36(43)34(41)26-30)20-18-16-14-12-10-8-6-4-2/h23-26,40-43H,3-22,27-28H2,1-2H3. The summed E-state index contributed by atoms with van der Waals surface area (Å²) in [5.41, 5.74) is 3.08. The molecule has 0 unspecified atom stereocenters. The van der Waals surface area contributed by atoms with Crippen molar-refractivity contribution < 1.29 is 25.2 Å². The van der Waals surface area contributed by atoms with Gasteiger partial charge in [-0.25, -0.2) is 4.79 Å². The second-order valence-corrected chi connectivity index (χ2v) is 12.8. The highest BCUT2D eigenvalue weighted by atomic mass is 16.3. The van der Waals surface area contributed by atoms with Crippen molar-refractivity contribution >= 4 is 6.03 Å². The Bertz CT molecular complexity index is 1060. The molecule has 0 atom stereocenters. The molecule has 44 heavy (non-hydrogen) atoms. The third-order valence-corrected chi connectivity index (χ3v) is 8.98. The van der Waals surface area contributed by atoms with Crippen LogP contribution in [-0.2, 0) is 25.9 Å². The molecule has 2 amide bonds. The highest BCUT2D eigenvalue weighted by Crippen LogP contribution is 2.34. The van der Waals surface area contributed by atoms with E-state index in [1.54, 1.807) is 21.9 Å².